The third kappa shape index (κ3) is 2.54. The molecule has 1 amide bonds. The largest absolute Gasteiger partial charge is 0.340 e. The van der Waals surface area contributed by atoms with E-state index < -0.39 is 0 Å². The van der Waals surface area contributed by atoms with E-state index in [0.29, 0.717) is 31.2 Å². The molecule has 0 saturated carbocycles. The molecule has 1 fully saturated rings. The highest BCUT2D eigenvalue weighted by Gasteiger charge is 2.33. The Morgan fingerprint density at radius 2 is 2.15 bits per heavy atom. The van der Waals surface area contributed by atoms with E-state index in [1.165, 1.54) is 12.1 Å². The molecule has 20 heavy (non-hydrogen) atoms. The molecule has 0 spiro atoms. The van der Waals surface area contributed by atoms with Gasteiger partial charge < -0.3 is 9.42 Å². The highest BCUT2D eigenvalue weighted by Crippen LogP contribution is 2.27. The summed E-state index contributed by atoms with van der Waals surface area (Å²) in [5.41, 5.74) is 0.907. The van der Waals surface area contributed by atoms with Crippen molar-refractivity contribution in [2.24, 2.45) is 0 Å². The van der Waals surface area contributed by atoms with E-state index in [-0.39, 0.29) is 17.6 Å². The van der Waals surface area contributed by atoms with Crippen LogP contribution in [0.3, 0.4) is 0 Å². The fraction of sp³-hybridized carbons (Fsp3) is 0.357. The first-order chi connectivity index (χ1) is 9.61. The van der Waals surface area contributed by atoms with Crippen LogP contribution in [0.4, 0.5) is 4.39 Å². The summed E-state index contributed by atoms with van der Waals surface area (Å²) in [5.74, 6) is 0.839. The molecular formula is C14H14FN3O2. The van der Waals surface area contributed by atoms with Gasteiger partial charge in [0.05, 0.1) is 0 Å². The lowest BCUT2D eigenvalue weighted by atomic mass is 10.1. The van der Waals surface area contributed by atoms with Gasteiger partial charge in [-0.25, -0.2) is 4.39 Å². The molecular weight excluding hydrogens is 261 g/mol. The first-order valence-corrected chi connectivity index (χ1v) is 6.44. The number of carbonyl (C=O) groups is 1. The van der Waals surface area contributed by atoms with E-state index in [0.717, 1.165) is 5.56 Å². The number of carbonyl (C=O) groups excluding carboxylic acids is 1. The summed E-state index contributed by atoms with van der Waals surface area (Å²) in [6.07, 6.45) is 0.389. The van der Waals surface area contributed by atoms with E-state index in [1.807, 2.05) is 0 Å². The number of nitrogens with zero attached hydrogens (tertiary/aromatic N) is 3. The van der Waals surface area contributed by atoms with Gasteiger partial charge in [0.25, 0.3) is 0 Å². The van der Waals surface area contributed by atoms with Gasteiger partial charge in [0.1, 0.15) is 5.82 Å². The predicted molar refractivity (Wildman–Crippen MR) is 68.2 cm³/mol. The molecule has 104 valence electrons. The number of halogens is 1. The van der Waals surface area contributed by atoms with Crippen molar-refractivity contribution in [3.8, 4) is 0 Å². The number of hydrogen-bond donors (Lipinski definition) is 0. The van der Waals surface area contributed by atoms with Crippen LogP contribution in [-0.4, -0.2) is 27.5 Å². The molecule has 1 aromatic carbocycles. The van der Waals surface area contributed by atoms with Gasteiger partial charge in [-0.1, -0.05) is 17.3 Å². The van der Waals surface area contributed by atoms with Crippen LogP contribution in [0.25, 0.3) is 0 Å². The summed E-state index contributed by atoms with van der Waals surface area (Å²) < 4.78 is 17.8. The first-order valence-electron chi connectivity index (χ1n) is 6.44. The molecule has 0 bridgehead atoms. The van der Waals surface area contributed by atoms with E-state index >= 15 is 0 Å². The van der Waals surface area contributed by atoms with Crippen molar-refractivity contribution in [3.63, 3.8) is 0 Å². The van der Waals surface area contributed by atoms with Gasteiger partial charge in [-0.3, -0.25) is 4.79 Å². The summed E-state index contributed by atoms with van der Waals surface area (Å²) in [6, 6.07) is 6.18. The average molecular weight is 275 g/mol. The lowest BCUT2D eigenvalue weighted by Gasteiger charge is -2.16. The normalized spacial score (nSPS) is 18.8. The first kappa shape index (κ1) is 12.8. The zero-order valence-corrected chi connectivity index (χ0v) is 11.0. The van der Waals surface area contributed by atoms with Gasteiger partial charge in [-0.2, -0.15) is 4.98 Å². The Morgan fingerprint density at radius 1 is 1.40 bits per heavy atom. The number of amides is 1. The molecule has 6 heteroatoms. The minimum Gasteiger partial charge on any atom is -0.340 e. The minimum absolute atomic E-state index is 0.0274. The van der Waals surface area contributed by atoms with Gasteiger partial charge in [0.15, 0.2) is 5.82 Å². The monoisotopic (exact) mass is 275 g/mol. The molecule has 1 aliphatic heterocycles. The number of rotatable bonds is 3. The highest BCUT2D eigenvalue weighted by molar-refractivity contribution is 5.79. The van der Waals surface area contributed by atoms with E-state index in [2.05, 4.69) is 10.1 Å². The minimum atomic E-state index is -0.276. The second-order valence-electron chi connectivity index (χ2n) is 4.97. The maximum absolute atomic E-state index is 12.9. The third-order valence-electron chi connectivity index (χ3n) is 3.41. The standard InChI is InChI=1S/C14H14FN3O2/c1-9-16-14(17-20-9)11-6-13(19)18(8-11)7-10-2-4-12(15)5-3-10/h2-5,11H,6-8H2,1H3. The van der Waals surface area contributed by atoms with E-state index in [9.17, 15) is 9.18 Å². The van der Waals surface area contributed by atoms with E-state index in [4.69, 9.17) is 4.52 Å². The lowest BCUT2D eigenvalue weighted by molar-refractivity contribution is -0.128. The molecule has 2 aromatic rings. The Balaban J connectivity index is 1.69. The van der Waals surface area contributed by atoms with Gasteiger partial charge in [0, 0.05) is 32.4 Å². The topological polar surface area (TPSA) is 59.2 Å². The van der Waals surface area contributed by atoms with Crippen molar-refractivity contribution < 1.29 is 13.7 Å². The predicted octanol–water partition coefficient (Wildman–Crippen LogP) is 2.03. The SMILES string of the molecule is Cc1nc(C2CC(=O)N(Cc3ccc(F)cc3)C2)no1. The highest BCUT2D eigenvalue weighted by atomic mass is 19.1. The van der Waals surface area contributed by atoms with Gasteiger partial charge in [0.2, 0.25) is 11.8 Å². The molecule has 1 atom stereocenters. The van der Waals surface area contributed by atoms with Gasteiger partial charge in [-0.05, 0) is 17.7 Å². The quantitative estimate of drug-likeness (QED) is 0.860. The van der Waals surface area contributed by atoms with Crippen LogP contribution < -0.4 is 0 Å². The molecule has 0 aliphatic carbocycles. The van der Waals surface area contributed by atoms with Crippen molar-refractivity contribution in [1.29, 1.82) is 0 Å². The Morgan fingerprint density at radius 3 is 2.80 bits per heavy atom. The summed E-state index contributed by atoms with van der Waals surface area (Å²) in [6.45, 7) is 2.77. The van der Waals surface area contributed by atoms with Crippen molar-refractivity contribution >= 4 is 5.91 Å². The van der Waals surface area contributed by atoms with E-state index in [1.54, 1.807) is 24.0 Å². The van der Waals surface area contributed by atoms with Crippen LogP contribution in [0.5, 0.6) is 0 Å². The molecule has 1 unspecified atom stereocenters. The van der Waals surface area contributed by atoms with Crippen LogP contribution in [0, 0.1) is 12.7 Å². The molecule has 2 heterocycles. The summed E-state index contributed by atoms with van der Waals surface area (Å²) in [4.78, 5) is 17.9. The maximum atomic E-state index is 12.9. The Labute approximate surface area is 115 Å². The Bertz CT molecular complexity index is 624. The zero-order valence-electron chi connectivity index (χ0n) is 11.0. The van der Waals surface area contributed by atoms with Crippen LogP contribution in [-0.2, 0) is 11.3 Å². The zero-order chi connectivity index (χ0) is 14.1. The Hall–Kier alpha value is -2.24. The molecule has 0 N–H and O–H groups in total. The average Bonchev–Trinajstić information content (AvgIpc) is 3.00. The van der Waals surface area contributed by atoms with Crippen molar-refractivity contribution in [3.05, 3.63) is 47.4 Å². The summed E-state index contributed by atoms with van der Waals surface area (Å²) >= 11 is 0. The fourth-order valence-corrected chi connectivity index (χ4v) is 2.39. The smallest absolute Gasteiger partial charge is 0.223 e. The second-order valence-corrected chi connectivity index (χ2v) is 4.97. The molecule has 1 aliphatic rings. The van der Waals surface area contributed by atoms with Crippen LogP contribution in [0.1, 0.15) is 29.6 Å². The molecule has 1 aromatic heterocycles. The summed E-state index contributed by atoms with van der Waals surface area (Å²) in [7, 11) is 0. The molecule has 0 radical (unpaired) electrons. The Kier molecular flexibility index (Phi) is 3.22. The number of aromatic nitrogens is 2. The third-order valence-corrected chi connectivity index (χ3v) is 3.41. The number of likely N-dealkylation sites (tertiary alicyclic amines) is 1. The van der Waals surface area contributed by atoms with Crippen LogP contribution in [0.15, 0.2) is 28.8 Å². The van der Waals surface area contributed by atoms with Crippen molar-refractivity contribution in [2.45, 2.75) is 25.8 Å². The lowest BCUT2D eigenvalue weighted by Crippen LogP contribution is -2.24. The van der Waals surface area contributed by atoms with Gasteiger partial charge >= 0.3 is 0 Å². The van der Waals surface area contributed by atoms with Crippen LogP contribution >= 0.6 is 0 Å². The van der Waals surface area contributed by atoms with Crippen molar-refractivity contribution in [1.82, 2.24) is 15.0 Å². The fourth-order valence-electron chi connectivity index (χ4n) is 2.39. The summed E-state index contributed by atoms with van der Waals surface area (Å²) in [5, 5.41) is 3.87. The molecule has 5 nitrogen and oxygen atoms in total. The number of benzene rings is 1. The second kappa shape index (κ2) is 5.03. The number of aryl methyl sites for hydroxylation is 1. The molecule has 1 saturated heterocycles. The number of hydrogen-bond acceptors (Lipinski definition) is 4. The van der Waals surface area contributed by atoms with Crippen molar-refractivity contribution in [2.75, 3.05) is 6.54 Å². The van der Waals surface area contributed by atoms with Crippen LogP contribution in [0.2, 0.25) is 0 Å². The van der Waals surface area contributed by atoms with Gasteiger partial charge in [-0.15, -0.1) is 0 Å². The maximum Gasteiger partial charge on any atom is 0.223 e. The molecule has 3 rings (SSSR count).